The van der Waals surface area contributed by atoms with Crippen molar-refractivity contribution in [3.8, 4) is 0 Å². The van der Waals surface area contributed by atoms with Crippen molar-refractivity contribution in [1.29, 1.82) is 0 Å². The van der Waals surface area contributed by atoms with Gasteiger partial charge in [-0.1, -0.05) is 25.0 Å². The zero-order valence-electron chi connectivity index (χ0n) is 13.1. The lowest BCUT2D eigenvalue weighted by molar-refractivity contribution is -0.122. The molecular weight excluding hydrogens is 303 g/mol. The second-order valence-corrected chi connectivity index (χ2v) is 6.16. The average Bonchev–Trinajstić information content (AvgIpc) is 2.97. The summed E-state index contributed by atoms with van der Waals surface area (Å²) in [4.78, 5) is 12.1. The number of amides is 1. The van der Waals surface area contributed by atoms with Crippen molar-refractivity contribution >= 4 is 18.3 Å². The molecule has 1 amide bonds. The Balaban J connectivity index is 0.00000242. The van der Waals surface area contributed by atoms with E-state index in [0.717, 1.165) is 18.4 Å². The van der Waals surface area contributed by atoms with Gasteiger partial charge in [-0.3, -0.25) is 4.79 Å². The van der Waals surface area contributed by atoms with E-state index in [1.54, 1.807) is 12.1 Å². The van der Waals surface area contributed by atoms with Crippen LogP contribution in [0.5, 0.6) is 0 Å². The highest BCUT2D eigenvalue weighted by atomic mass is 35.5. The van der Waals surface area contributed by atoms with Gasteiger partial charge in [-0.05, 0) is 49.8 Å². The van der Waals surface area contributed by atoms with Gasteiger partial charge in [-0.2, -0.15) is 0 Å². The van der Waals surface area contributed by atoms with Crippen LogP contribution in [0.2, 0.25) is 0 Å². The van der Waals surface area contributed by atoms with Crippen LogP contribution >= 0.6 is 12.4 Å². The summed E-state index contributed by atoms with van der Waals surface area (Å²) in [7, 11) is 0. The molecule has 22 heavy (non-hydrogen) atoms. The third kappa shape index (κ3) is 5.58. The SMILES string of the molecule is CC(N)CCC(=O)NC(c1ccc(F)cc1)C1CCCC1.Cl. The predicted molar refractivity (Wildman–Crippen MR) is 89.4 cm³/mol. The van der Waals surface area contributed by atoms with Gasteiger partial charge in [0.05, 0.1) is 6.04 Å². The third-order valence-corrected chi connectivity index (χ3v) is 4.24. The molecule has 2 atom stereocenters. The second kappa shape index (κ2) is 9.11. The van der Waals surface area contributed by atoms with E-state index in [1.807, 2.05) is 6.92 Å². The van der Waals surface area contributed by atoms with Gasteiger partial charge in [-0.15, -0.1) is 12.4 Å². The molecule has 2 rings (SSSR count). The molecule has 0 radical (unpaired) electrons. The van der Waals surface area contributed by atoms with E-state index in [-0.39, 0.29) is 36.2 Å². The molecule has 0 aromatic heterocycles. The molecule has 124 valence electrons. The van der Waals surface area contributed by atoms with E-state index in [9.17, 15) is 9.18 Å². The van der Waals surface area contributed by atoms with Crippen LogP contribution in [0.4, 0.5) is 4.39 Å². The van der Waals surface area contributed by atoms with E-state index < -0.39 is 0 Å². The molecule has 1 aromatic rings. The average molecular weight is 329 g/mol. The maximum Gasteiger partial charge on any atom is 0.220 e. The minimum atomic E-state index is -0.243. The highest BCUT2D eigenvalue weighted by molar-refractivity contribution is 5.85. The molecule has 0 bridgehead atoms. The van der Waals surface area contributed by atoms with Gasteiger partial charge in [0.2, 0.25) is 5.91 Å². The van der Waals surface area contributed by atoms with Crippen molar-refractivity contribution in [1.82, 2.24) is 5.32 Å². The highest BCUT2D eigenvalue weighted by Crippen LogP contribution is 2.35. The lowest BCUT2D eigenvalue weighted by Crippen LogP contribution is -2.33. The lowest BCUT2D eigenvalue weighted by atomic mass is 9.91. The van der Waals surface area contributed by atoms with Gasteiger partial charge in [0.25, 0.3) is 0 Å². The normalized spacial score (nSPS) is 17.6. The van der Waals surface area contributed by atoms with Gasteiger partial charge >= 0.3 is 0 Å². The van der Waals surface area contributed by atoms with E-state index in [4.69, 9.17) is 5.73 Å². The Bertz CT molecular complexity index is 458. The Morgan fingerprint density at radius 3 is 2.45 bits per heavy atom. The van der Waals surface area contributed by atoms with Gasteiger partial charge < -0.3 is 11.1 Å². The van der Waals surface area contributed by atoms with Crippen LogP contribution in [-0.2, 0) is 4.79 Å². The second-order valence-electron chi connectivity index (χ2n) is 6.16. The quantitative estimate of drug-likeness (QED) is 0.836. The Hall–Kier alpha value is -1.13. The fraction of sp³-hybridized carbons (Fsp3) is 0.588. The molecule has 1 fully saturated rings. The molecule has 1 aliphatic carbocycles. The number of nitrogens with two attached hydrogens (primary N) is 1. The summed E-state index contributed by atoms with van der Waals surface area (Å²) >= 11 is 0. The highest BCUT2D eigenvalue weighted by Gasteiger charge is 2.27. The number of nitrogens with one attached hydrogen (secondary N) is 1. The number of hydrogen-bond acceptors (Lipinski definition) is 2. The molecule has 5 heteroatoms. The number of rotatable bonds is 6. The zero-order chi connectivity index (χ0) is 15.2. The first-order chi connectivity index (χ1) is 10.1. The molecule has 2 unspecified atom stereocenters. The molecule has 1 aromatic carbocycles. The molecule has 0 spiro atoms. The standard InChI is InChI=1S/C17H25FN2O.ClH/c1-12(19)6-11-16(21)20-17(13-4-2-3-5-13)14-7-9-15(18)10-8-14;/h7-10,12-13,17H,2-6,11,19H2,1H3,(H,20,21);1H. The van der Waals surface area contributed by atoms with E-state index in [0.29, 0.717) is 18.8 Å². The van der Waals surface area contributed by atoms with Crippen LogP contribution in [0.3, 0.4) is 0 Å². The number of hydrogen-bond donors (Lipinski definition) is 2. The van der Waals surface area contributed by atoms with Gasteiger partial charge in [-0.25, -0.2) is 4.39 Å². The summed E-state index contributed by atoms with van der Waals surface area (Å²) in [6.45, 7) is 1.90. The van der Waals surface area contributed by atoms with Crippen LogP contribution in [0.1, 0.15) is 57.1 Å². The zero-order valence-corrected chi connectivity index (χ0v) is 13.9. The summed E-state index contributed by atoms with van der Waals surface area (Å²) in [5.74, 6) is 0.246. The summed E-state index contributed by atoms with van der Waals surface area (Å²) in [5, 5.41) is 3.13. The number of carbonyl (C=O) groups excluding carboxylic acids is 1. The summed E-state index contributed by atoms with van der Waals surface area (Å²) in [6, 6.07) is 6.52. The maximum absolute atomic E-state index is 13.1. The minimum absolute atomic E-state index is 0. The largest absolute Gasteiger partial charge is 0.349 e. The molecule has 0 aliphatic heterocycles. The summed E-state index contributed by atoms with van der Waals surface area (Å²) < 4.78 is 13.1. The number of halogens is 2. The van der Waals surface area contributed by atoms with Crippen molar-refractivity contribution in [2.75, 3.05) is 0 Å². The van der Waals surface area contributed by atoms with Crippen molar-refractivity contribution in [2.24, 2.45) is 11.7 Å². The third-order valence-electron chi connectivity index (χ3n) is 4.24. The Kier molecular flexibility index (Phi) is 7.83. The molecule has 0 saturated heterocycles. The van der Waals surface area contributed by atoms with Gasteiger partial charge in [0, 0.05) is 12.5 Å². The van der Waals surface area contributed by atoms with Crippen LogP contribution in [-0.4, -0.2) is 11.9 Å². The molecule has 1 aliphatic rings. The Labute approximate surface area is 138 Å². The van der Waals surface area contributed by atoms with Crippen LogP contribution < -0.4 is 11.1 Å². The number of carbonyl (C=O) groups is 1. The topological polar surface area (TPSA) is 55.1 Å². The fourth-order valence-electron chi connectivity index (χ4n) is 3.04. The van der Waals surface area contributed by atoms with Gasteiger partial charge in [0.15, 0.2) is 0 Å². The summed E-state index contributed by atoms with van der Waals surface area (Å²) in [5.41, 5.74) is 6.70. The molecular formula is C17H26ClFN2O. The van der Waals surface area contributed by atoms with Crippen molar-refractivity contribution in [2.45, 2.75) is 57.5 Å². The summed E-state index contributed by atoms with van der Waals surface area (Å²) in [6.07, 6.45) is 5.79. The monoisotopic (exact) mass is 328 g/mol. The lowest BCUT2D eigenvalue weighted by Gasteiger charge is -2.25. The number of benzene rings is 1. The van der Waals surface area contributed by atoms with Crippen molar-refractivity contribution in [3.63, 3.8) is 0 Å². The first kappa shape index (κ1) is 18.9. The molecule has 1 saturated carbocycles. The minimum Gasteiger partial charge on any atom is -0.349 e. The molecule has 3 N–H and O–H groups in total. The Morgan fingerprint density at radius 2 is 1.91 bits per heavy atom. The van der Waals surface area contributed by atoms with Crippen LogP contribution in [0.15, 0.2) is 24.3 Å². The van der Waals surface area contributed by atoms with E-state index in [2.05, 4.69) is 5.32 Å². The molecule has 0 heterocycles. The van der Waals surface area contributed by atoms with Crippen molar-refractivity contribution in [3.05, 3.63) is 35.6 Å². The first-order valence-corrected chi connectivity index (χ1v) is 7.86. The molecule has 3 nitrogen and oxygen atoms in total. The fourth-order valence-corrected chi connectivity index (χ4v) is 3.04. The van der Waals surface area contributed by atoms with Gasteiger partial charge in [0.1, 0.15) is 5.82 Å². The maximum atomic E-state index is 13.1. The van der Waals surface area contributed by atoms with E-state index in [1.165, 1.54) is 25.0 Å². The predicted octanol–water partition coefficient (Wildman–Crippen LogP) is 3.72. The van der Waals surface area contributed by atoms with Crippen LogP contribution in [0, 0.1) is 11.7 Å². The first-order valence-electron chi connectivity index (χ1n) is 7.86. The van der Waals surface area contributed by atoms with E-state index >= 15 is 0 Å². The van der Waals surface area contributed by atoms with Crippen LogP contribution in [0.25, 0.3) is 0 Å². The van der Waals surface area contributed by atoms with Crippen molar-refractivity contribution < 1.29 is 9.18 Å². The smallest absolute Gasteiger partial charge is 0.220 e. The Morgan fingerprint density at radius 1 is 1.32 bits per heavy atom.